The summed E-state index contributed by atoms with van der Waals surface area (Å²) in [5, 5.41) is 8.11. The Morgan fingerprint density at radius 1 is 0.686 bits per heavy atom. The Kier molecular flexibility index (Phi) is 6.60. The van der Waals surface area contributed by atoms with Gasteiger partial charge in [0.1, 0.15) is 0 Å². The molecule has 0 saturated carbocycles. The van der Waals surface area contributed by atoms with Crippen LogP contribution in [-0.2, 0) is 0 Å². The summed E-state index contributed by atoms with van der Waals surface area (Å²) in [6.07, 6.45) is 0.835. The normalized spacial score (nSPS) is 12.2. The molecule has 5 rings (SSSR count). The third kappa shape index (κ3) is 5.26. The molecular formula is C32H30N2O. The van der Waals surface area contributed by atoms with E-state index in [9.17, 15) is 4.79 Å². The summed E-state index contributed by atoms with van der Waals surface area (Å²) < 4.78 is 0. The number of carbonyl (C=O) groups is 1. The molecule has 0 spiro atoms. The summed E-state index contributed by atoms with van der Waals surface area (Å²) in [5.41, 5.74) is 3.95. The Bertz CT molecular complexity index is 1490. The Morgan fingerprint density at radius 2 is 1.31 bits per heavy atom. The number of nitrogens with zero attached hydrogens (tertiary/aromatic N) is 1. The third-order valence-corrected chi connectivity index (χ3v) is 6.55. The predicted molar refractivity (Wildman–Crippen MR) is 147 cm³/mol. The molecular weight excluding hydrogens is 428 g/mol. The van der Waals surface area contributed by atoms with Gasteiger partial charge in [-0.3, -0.25) is 4.79 Å². The van der Waals surface area contributed by atoms with Gasteiger partial charge in [-0.1, -0.05) is 84.9 Å². The minimum Gasteiger partial charge on any atom is -0.345 e. The molecule has 3 heteroatoms. The van der Waals surface area contributed by atoms with Crippen molar-refractivity contribution in [3.05, 3.63) is 120 Å². The molecule has 35 heavy (non-hydrogen) atoms. The van der Waals surface area contributed by atoms with Gasteiger partial charge in [0.2, 0.25) is 0 Å². The Hall–Kier alpha value is -3.95. The van der Waals surface area contributed by atoms with E-state index in [0.717, 1.165) is 29.7 Å². The molecule has 0 fully saturated rings. The van der Waals surface area contributed by atoms with Crippen molar-refractivity contribution in [3.63, 3.8) is 0 Å². The average molecular weight is 459 g/mol. The van der Waals surface area contributed by atoms with Crippen LogP contribution in [0.4, 0.5) is 0 Å². The van der Waals surface area contributed by atoms with E-state index >= 15 is 0 Å². The molecule has 0 aliphatic heterocycles. The molecule has 0 unspecified atom stereocenters. The van der Waals surface area contributed by atoms with Crippen LogP contribution in [0.5, 0.6) is 0 Å². The van der Waals surface area contributed by atoms with Crippen molar-refractivity contribution in [2.24, 2.45) is 0 Å². The van der Waals surface area contributed by atoms with E-state index in [1.165, 1.54) is 21.5 Å². The van der Waals surface area contributed by atoms with Gasteiger partial charge in [0, 0.05) is 5.56 Å². The second-order valence-corrected chi connectivity index (χ2v) is 9.37. The highest BCUT2D eigenvalue weighted by Crippen LogP contribution is 2.27. The highest BCUT2D eigenvalue weighted by atomic mass is 16.1. The number of benzene rings is 5. The van der Waals surface area contributed by atoms with Gasteiger partial charge in [0.25, 0.3) is 5.91 Å². The minimum atomic E-state index is -0.0705. The molecule has 0 aromatic heterocycles. The van der Waals surface area contributed by atoms with Crippen molar-refractivity contribution < 1.29 is 4.79 Å². The molecule has 0 aliphatic rings. The summed E-state index contributed by atoms with van der Waals surface area (Å²) in [6.45, 7) is 0.884. The molecule has 0 bridgehead atoms. The van der Waals surface area contributed by atoms with Crippen molar-refractivity contribution in [2.75, 3.05) is 20.6 Å². The van der Waals surface area contributed by atoms with Crippen molar-refractivity contribution in [1.82, 2.24) is 10.2 Å². The van der Waals surface area contributed by atoms with Gasteiger partial charge in [0.15, 0.2) is 0 Å². The fourth-order valence-electron chi connectivity index (χ4n) is 4.58. The zero-order valence-electron chi connectivity index (χ0n) is 20.2. The Labute approximate surface area is 207 Å². The zero-order chi connectivity index (χ0) is 24.2. The molecule has 0 heterocycles. The summed E-state index contributed by atoms with van der Waals surface area (Å²) >= 11 is 0. The van der Waals surface area contributed by atoms with Crippen molar-refractivity contribution >= 4 is 27.5 Å². The molecule has 1 atom stereocenters. The maximum absolute atomic E-state index is 13.4. The van der Waals surface area contributed by atoms with Crippen LogP contribution in [0.1, 0.15) is 28.4 Å². The van der Waals surface area contributed by atoms with Gasteiger partial charge in [-0.2, -0.15) is 0 Å². The van der Waals surface area contributed by atoms with E-state index in [-0.39, 0.29) is 11.9 Å². The topological polar surface area (TPSA) is 32.3 Å². The van der Waals surface area contributed by atoms with Crippen LogP contribution in [0.2, 0.25) is 0 Å². The second-order valence-electron chi connectivity index (χ2n) is 9.37. The lowest BCUT2D eigenvalue weighted by Crippen LogP contribution is -2.31. The quantitative estimate of drug-likeness (QED) is 0.283. The molecule has 1 N–H and O–H groups in total. The third-order valence-electron chi connectivity index (χ3n) is 6.55. The van der Waals surface area contributed by atoms with Gasteiger partial charge in [0.05, 0.1) is 6.04 Å². The van der Waals surface area contributed by atoms with Crippen molar-refractivity contribution in [2.45, 2.75) is 12.5 Å². The lowest BCUT2D eigenvalue weighted by molar-refractivity contribution is 0.0933. The number of hydrogen-bond acceptors (Lipinski definition) is 2. The number of carbonyl (C=O) groups excluding carboxylic acids is 1. The molecule has 1 amide bonds. The first kappa shape index (κ1) is 22.8. The Morgan fingerprint density at radius 3 is 2.03 bits per heavy atom. The van der Waals surface area contributed by atoms with Crippen LogP contribution in [0.3, 0.4) is 0 Å². The first-order chi connectivity index (χ1) is 17.1. The zero-order valence-corrected chi connectivity index (χ0v) is 20.2. The second kappa shape index (κ2) is 10.1. The molecule has 3 nitrogen and oxygen atoms in total. The summed E-state index contributed by atoms with van der Waals surface area (Å²) in [7, 11) is 4.12. The van der Waals surface area contributed by atoms with Gasteiger partial charge >= 0.3 is 0 Å². The number of rotatable bonds is 7. The van der Waals surface area contributed by atoms with E-state index in [2.05, 4.69) is 115 Å². The maximum atomic E-state index is 13.4. The van der Waals surface area contributed by atoms with Gasteiger partial charge in [-0.25, -0.2) is 0 Å². The molecule has 0 saturated heterocycles. The predicted octanol–water partition coefficient (Wildman–Crippen LogP) is 7.08. The maximum Gasteiger partial charge on any atom is 0.251 e. The van der Waals surface area contributed by atoms with E-state index in [1.54, 1.807) is 0 Å². The molecule has 0 aliphatic carbocycles. The first-order valence-corrected chi connectivity index (χ1v) is 12.1. The fraction of sp³-hybridized carbons (Fsp3) is 0.156. The minimum absolute atomic E-state index is 0.0513. The number of amides is 1. The number of fused-ring (bicyclic) bond motifs is 2. The van der Waals surface area contributed by atoms with E-state index in [4.69, 9.17) is 0 Å². The van der Waals surface area contributed by atoms with Crippen molar-refractivity contribution in [1.29, 1.82) is 0 Å². The Balaban J connectivity index is 1.42. The van der Waals surface area contributed by atoms with Crippen LogP contribution >= 0.6 is 0 Å². The lowest BCUT2D eigenvalue weighted by atomic mass is 9.98. The summed E-state index contributed by atoms with van der Waals surface area (Å²) in [4.78, 5) is 15.6. The van der Waals surface area contributed by atoms with E-state index in [0.29, 0.717) is 5.56 Å². The van der Waals surface area contributed by atoms with Crippen LogP contribution < -0.4 is 5.32 Å². The molecule has 0 radical (unpaired) electrons. The highest BCUT2D eigenvalue weighted by molar-refractivity contribution is 5.96. The van der Waals surface area contributed by atoms with Crippen LogP contribution in [0, 0.1) is 0 Å². The summed E-state index contributed by atoms with van der Waals surface area (Å²) in [6, 6.07) is 37.4. The number of nitrogens with one attached hydrogen (secondary N) is 1. The standard InChI is InChI=1S/C32H30N2O/c1-34(2)19-18-31(29-17-15-24-9-4-6-11-26(24)21-29)33-32(35)30-13-7-12-27(22-30)28-16-14-23-8-3-5-10-25(23)20-28/h3-17,20-22,31H,18-19H2,1-2H3,(H,33,35)/t31-/m0/s1. The molecule has 174 valence electrons. The van der Waals surface area contributed by atoms with Crippen LogP contribution in [0.25, 0.3) is 32.7 Å². The average Bonchev–Trinajstić information content (AvgIpc) is 2.90. The summed E-state index contributed by atoms with van der Waals surface area (Å²) in [5.74, 6) is -0.0513. The highest BCUT2D eigenvalue weighted by Gasteiger charge is 2.17. The van der Waals surface area contributed by atoms with Crippen LogP contribution in [-0.4, -0.2) is 31.4 Å². The smallest absolute Gasteiger partial charge is 0.251 e. The largest absolute Gasteiger partial charge is 0.345 e. The molecule has 5 aromatic carbocycles. The van der Waals surface area contributed by atoms with Gasteiger partial charge < -0.3 is 10.2 Å². The number of hydrogen-bond donors (Lipinski definition) is 1. The van der Waals surface area contributed by atoms with E-state index in [1.807, 2.05) is 18.2 Å². The SMILES string of the molecule is CN(C)CC[C@H](NC(=O)c1cccc(-c2ccc3ccccc3c2)c1)c1ccc2ccccc2c1. The monoisotopic (exact) mass is 458 g/mol. The van der Waals surface area contributed by atoms with Gasteiger partial charge in [-0.05, 0) is 89.6 Å². The molecule has 5 aromatic rings. The van der Waals surface area contributed by atoms with E-state index < -0.39 is 0 Å². The van der Waals surface area contributed by atoms with Crippen LogP contribution in [0.15, 0.2) is 109 Å². The van der Waals surface area contributed by atoms with Crippen molar-refractivity contribution in [3.8, 4) is 11.1 Å². The van der Waals surface area contributed by atoms with Gasteiger partial charge in [-0.15, -0.1) is 0 Å². The lowest BCUT2D eigenvalue weighted by Gasteiger charge is -2.22. The first-order valence-electron chi connectivity index (χ1n) is 12.1. The fourth-order valence-corrected chi connectivity index (χ4v) is 4.58.